The minimum atomic E-state index is -0.558. The van der Waals surface area contributed by atoms with Crippen molar-refractivity contribution >= 4 is 33.6 Å². The highest BCUT2D eigenvalue weighted by atomic mass is 35.5. The molecule has 2 aromatic carbocycles. The Morgan fingerprint density at radius 3 is 2.79 bits per heavy atom. The van der Waals surface area contributed by atoms with Crippen molar-refractivity contribution in [3.63, 3.8) is 0 Å². The molecular weight excluding hydrogens is 381 g/mol. The Bertz CT molecular complexity index is 1420. The number of pyridine rings is 2. The molecule has 28 heavy (non-hydrogen) atoms. The SMILES string of the molecule is O=c1oc2cnc(-c3cc(Cl)ccc3F)cc2n1-c1ccnc2ccccc12. The molecule has 5 aromatic rings. The second-order valence-electron chi connectivity index (χ2n) is 6.21. The van der Waals surface area contributed by atoms with Crippen LogP contribution in [0.15, 0.2) is 76.2 Å². The highest BCUT2D eigenvalue weighted by molar-refractivity contribution is 6.30. The van der Waals surface area contributed by atoms with Crippen LogP contribution in [0.4, 0.5) is 4.39 Å². The van der Waals surface area contributed by atoms with Crippen LogP contribution in [0, 0.1) is 5.82 Å². The number of hydrogen-bond donors (Lipinski definition) is 0. The molecule has 0 bridgehead atoms. The topological polar surface area (TPSA) is 60.9 Å². The third kappa shape index (κ3) is 2.58. The van der Waals surface area contributed by atoms with Crippen molar-refractivity contribution in [2.75, 3.05) is 0 Å². The molecule has 0 saturated heterocycles. The molecule has 0 N–H and O–H groups in total. The fourth-order valence-electron chi connectivity index (χ4n) is 3.27. The fraction of sp³-hybridized carbons (Fsp3) is 0. The quantitative estimate of drug-likeness (QED) is 0.425. The average molecular weight is 392 g/mol. The minimum Gasteiger partial charge on any atom is -0.406 e. The monoisotopic (exact) mass is 391 g/mol. The number of oxazole rings is 1. The molecule has 0 aliphatic carbocycles. The molecule has 0 amide bonds. The van der Waals surface area contributed by atoms with Crippen molar-refractivity contribution in [1.29, 1.82) is 0 Å². The van der Waals surface area contributed by atoms with Gasteiger partial charge in [0.2, 0.25) is 0 Å². The number of aromatic nitrogens is 3. The van der Waals surface area contributed by atoms with E-state index in [4.69, 9.17) is 16.0 Å². The number of rotatable bonds is 2. The summed E-state index contributed by atoms with van der Waals surface area (Å²) in [4.78, 5) is 21.2. The lowest BCUT2D eigenvalue weighted by atomic mass is 10.1. The van der Waals surface area contributed by atoms with E-state index >= 15 is 0 Å². The maximum atomic E-state index is 14.3. The van der Waals surface area contributed by atoms with Crippen LogP contribution in [0.5, 0.6) is 0 Å². The molecule has 0 saturated carbocycles. The predicted molar refractivity (Wildman–Crippen MR) is 105 cm³/mol. The van der Waals surface area contributed by atoms with Crippen molar-refractivity contribution in [3.05, 3.63) is 88.4 Å². The predicted octanol–water partition coefficient (Wildman–Crippen LogP) is 4.99. The van der Waals surface area contributed by atoms with Crippen LogP contribution in [-0.4, -0.2) is 14.5 Å². The Morgan fingerprint density at radius 1 is 1.04 bits per heavy atom. The molecule has 3 heterocycles. The van der Waals surface area contributed by atoms with Gasteiger partial charge in [0, 0.05) is 22.2 Å². The third-order valence-electron chi connectivity index (χ3n) is 4.54. The first-order valence-corrected chi connectivity index (χ1v) is 8.81. The first kappa shape index (κ1) is 16.6. The summed E-state index contributed by atoms with van der Waals surface area (Å²) in [5, 5.41) is 1.19. The van der Waals surface area contributed by atoms with Crippen molar-refractivity contribution in [2.45, 2.75) is 0 Å². The number of halogens is 2. The Balaban J connectivity index is 1.82. The molecule has 0 spiro atoms. The standard InChI is InChI=1S/C21H11ClFN3O2/c22-12-5-6-15(23)14(9-12)17-10-19-20(11-25-17)28-21(27)26(19)18-7-8-24-16-4-2-1-3-13(16)18/h1-11H. The lowest BCUT2D eigenvalue weighted by molar-refractivity contribution is 0.540. The average Bonchev–Trinajstić information content (AvgIpc) is 3.04. The number of hydrogen-bond acceptors (Lipinski definition) is 4. The van der Waals surface area contributed by atoms with Crippen LogP contribution in [0.2, 0.25) is 5.02 Å². The minimum absolute atomic E-state index is 0.245. The Labute approximate surface area is 162 Å². The Kier molecular flexibility index (Phi) is 3.74. The highest BCUT2D eigenvalue weighted by Gasteiger charge is 2.16. The van der Waals surface area contributed by atoms with Gasteiger partial charge in [0.05, 0.1) is 28.6 Å². The molecule has 0 atom stereocenters. The van der Waals surface area contributed by atoms with E-state index in [2.05, 4.69) is 9.97 Å². The molecule has 5 rings (SSSR count). The van der Waals surface area contributed by atoms with Crippen LogP contribution in [-0.2, 0) is 0 Å². The molecule has 0 unspecified atom stereocenters. The summed E-state index contributed by atoms with van der Waals surface area (Å²) in [5.74, 6) is -1.01. The molecule has 7 heteroatoms. The zero-order valence-electron chi connectivity index (χ0n) is 14.3. The maximum Gasteiger partial charge on any atom is 0.424 e. The number of nitrogens with zero attached hydrogens (tertiary/aromatic N) is 3. The van der Waals surface area contributed by atoms with Gasteiger partial charge < -0.3 is 4.42 Å². The summed E-state index contributed by atoms with van der Waals surface area (Å²) in [5.41, 5.74) is 2.74. The Hall–Kier alpha value is -3.51. The van der Waals surface area contributed by atoms with Crippen molar-refractivity contribution < 1.29 is 8.81 Å². The fourth-order valence-corrected chi connectivity index (χ4v) is 3.44. The summed E-state index contributed by atoms with van der Waals surface area (Å²) in [6.07, 6.45) is 3.04. The lowest BCUT2D eigenvalue weighted by Crippen LogP contribution is -2.12. The third-order valence-corrected chi connectivity index (χ3v) is 4.77. The van der Waals surface area contributed by atoms with Gasteiger partial charge in [0.25, 0.3) is 0 Å². The first-order chi connectivity index (χ1) is 13.6. The largest absolute Gasteiger partial charge is 0.424 e. The Morgan fingerprint density at radius 2 is 1.89 bits per heavy atom. The van der Waals surface area contributed by atoms with Gasteiger partial charge in [0.15, 0.2) is 5.58 Å². The van der Waals surface area contributed by atoms with Crippen LogP contribution in [0.1, 0.15) is 0 Å². The normalized spacial score (nSPS) is 11.4. The summed E-state index contributed by atoms with van der Waals surface area (Å²) in [6, 6.07) is 15.1. The molecular formula is C21H11ClFN3O2. The molecule has 0 fully saturated rings. The second kappa shape index (κ2) is 6.28. The van der Waals surface area contributed by atoms with Gasteiger partial charge in [-0.25, -0.2) is 13.8 Å². The van der Waals surface area contributed by atoms with E-state index in [-0.39, 0.29) is 5.56 Å². The van der Waals surface area contributed by atoms with Crippen LogP contribution < -0.4 is 5.76 Å². The van der Waals surface area contributed by atoms with Gasteiger partial charge in [-0.2, -0.15) is 0 Å². The smallest absolute Gasteiger partial charge is 0.406 e. The number of benzene rings is 2. The summed E-state index contributed by atoms with van der Waals surface area (Å²) < 4.78 is 21.1. The van der Waals surface area contributed by atoms with Gasteiger partial charge in [-0.3, -0.25) is 9.97 Å². The van der Waals surface area contributed by atoms with E-state index in [9.17, 15) is 9.18 Å². The van der Waals surface area contributed by atoms with Gasteiger partial charge in [-0.15, -0.1) is 0 Å². The molecule has 5 nitrogen and oxygen atoms in total. The van der Waals surface area contributed by atoms with E-state index < -0.39 is 11.6 Å². The van der Waals surface area contributed by atoms with Crippen molar-refractivity contribution in [1.82, 2.24) is 14.5 Å². The molecule has 0 radical (unpaired) electrons. The maximum absolute atomic E-state index is 14.3. The zero-order chi connectivity index (χ0) is 19.3. The summed E-state index contributed by atoms with van der Waals surface area (Å²) in [6.45, 7) is 0. The molecule has 0 aliphatic rings. The summed E-state index contributed by atoms with van der Waals surface area (Å²) in [7, 11) is 0. The van der Waals surface area contributed by atoms with Crippen LogP contribution >= 0.6 is 11.6 Å². The van der Waals surface area contributed by atoms with E-state index in [0.29, 0.717) is 27.5 Å². The van der Waals surface area contributed by atoms with Crippen LogP contribution in [0.25, 0.3) is 38.9 Å². The number of para-hydroxylation sites is 1. The van der Waals surface area contributed by atoms with Gasteiger partial charge >= 0.3 is 5.76 Å². The summed E-state index contributed by atoms with van der Waals surface area (Å²) >= 11 is 6.01. The number of fused-ring (bicyclic) bond motifs is 2. The van der Waals surface area contributed by atoms with E-state index in [1.807, 2.05) is 24.3 Å². The molecule has 136 valence electrons. The molecule has 3 aromatic heterocycles. The van der Waals surface area contributed by atoms with Gasteiger partial charge in [0.1, 0.15) is 5.82 Å². The highest BCUT2D eigenvalue weighted by Crippen LogP contribution is 2.29. The van der Waals surface area contributed by atoms with E-state index in [0.717, 1.165) is 10.9 Å². The van der Waals surface area contributed by atoms with Crippen molar-refractivity contribution in [2.24, 2.45) is 0 Å². The lowest BCUT2D eigenvalue weighted by Gasteiger charge is -2.07. The van der Waals surface area contributed by atoms with E-state index in [1.165, 1.54) is 29.0 Å². The zero-order valence-corrected chi connectivity index (χ0v) is 15.0. The second-order valence-corrected chi connectivity index (χ2v) is 6.65. The van der Waals surface area contributed by atoms with Gasteiger partial charge in [-0.1, -0.05) is 29.8 Å². The van der Waals surface area contributed by atoms with Crippen molar-refractivity contribution in [3.8, 4) is 16.9 Å². The van der Waals surface area contributed by atoms with Crippen LogP contribution in [0.3, 0.4) is 0 Å². The van der Waals surface area contributed by atoms with E-state index in [1.54, 1.807) is 18.3 Å². The van der Waals surface area contributed by atoms with Gasteiger partial charge in [-0.05, 0) is 36.4 Å². The molecule has 0 aliphatic heterocycles. The first-order valence-electron chi connectivity index (χ1n) is 8.43.